The van der Waals surface area contributed by atoms with Gasteiger partial charge >= 0.3 is 0 Å². The molecule has 2 N–H and O–H groups in total. The van der Waals surface area contributed by atoms with Gasteiger partial charge in [0.25, 0.3) is 17.7 Å². The van der Waals surface area contributed by atoms with Gasteiger partial charge in [-0.2, -0.15) is 0 Å². The van der Waals surface area contributed by atoms with Crippen LogP contribution >= 0.6 is 0 Å². The standard InChI is InChI=1S/C35H29N3O6/c1-35(2,22-3-11-26(12-4-22)43-28-15-7-24(8-16-28)37-31(39)19-20-32(37)40)23-5-13-27(14-6-23)44-29-17-9-25(10-18-29)38-33(41)21-30(36)34(38)42/h3-20,30H,21,36H2,1-2H3. The topological polar surface area (TPSA) is 119 Å². The minimum absolute atomic E-state index is 0.0131. The van der Waals surface area contributed by atoms with Crippen LogP contribution in [-0.4, -0.2) is 29.7 Å². The summed E-state index contributed by atoms with van der Waals surface area (Å²) in [7, 11) is 0. The van der Waals surface area contributed by atoms with Crippen LogP contribution < -0.4 is 25.0 Å². The molecular weight excluding hydrogens is 558 g/mol. The van der Waals surface area contributed by atoms with Gasteiger partial charge in [-0.3, -0.25) is 19.2 Å². The molecule has 2 aliphatic rings. The summed E-state index contributed by atoms with van der Waals surface area (Å²) in [6.45, 7) is 4.28. The van der Waals surface area contributed by atoms with Crippen molar-refractivity contribution in [2.75, 3.05) is 9.80 Å². The second-order valence-corrected chi connectivity index (χ2v) is 11.1. The van der Waals surface area contributed by atoms with Crippen molar-refractivity contribution < 1.29 is 28.7 Å². The second-order valence-electron chi connectivity index (χ2n) is 11.1. The number of hydrogen-bond donors (Lipinski definition) is 1. The Labute approximate surface area is 254 Å². The van der Waals surface area contributed by atoms with Gasteiger partial charge in [0.2, 0.25) is 5.91 Å². The molecule has 9 nitrogen and oxygen atoms in total. The molecule has 0 aromatic heterocycles. The van der Waals surface area contributed by atoms with Crippen LogP contribution in [0.4, 0.5) is 11.4 Å². The number of rotatable bonds is 8. The van der Waals surface area contributed by atoms with Gasteiger partial charge in [-0.05, 0) is 83.9 Å². The molecule has 0 bridgehead atoms. The Bertz CT molecular complexity index is 1760. The SMILES string of the molecule is CC(C)(c1ccc(Oc2ccc(N3C(=O)C=CC3=O)cc2)cc1)c1ccc(Oc2ccc(N3C(=O)CC(N)C3=O)cc2)cc1. The van der Waals surface area contributed by atoms with E-state index in [0.717, 1.165) is 20.9 Å². The molecule has 4 amide bonds. The minimum atomic E-state index is -0.794. The summed E-state index contributed by atoms with van der Waals surface area (Å²) in [6, 6.07) is 28.4. The van der Waals surface area contributed by atoms with E-state index < -0.39 is 11.9 Å². The van der Waals surface area contributed by atoms with Crippen molar-refractivity contribution in [2.24, 2.45) is 5.73 Å². The lowest BCUT2D eigenvalue weighted by atomic mass is 9.78. The molecule has 6 rings (SSSR count). The molecule has 1 saturated heterocycles. The van der Waals surface area contributed by atoms with Gasteiger partial charge in [-0.1, -0.05) is 38.1 Å². The van der Waals surface area contributed by atoms with Crippen molar-refractivity contribution in [3.8, 4) is 23.0 Å². The third-order valence-corrected chi connectivity index (χ3v) is 7.80. The fourth-order valence-electron chi connectivity index (χ4n) is 5.23. The average Bonchev–Trinajstić information content (AvgIpc) is 3.49. The molecule has 0 spiro atoms. The Balaban J connectivity index is 1.08. The van der Waals surface area contributed by atoms with Crippen LogP contribution in [0.15, 0.2) is 109 Å². The number of anilines is 2. The number of imide groups is 2. The molecule has 0 aliphatic carbocycles. The fraction of sp³-hybridized carbons (Fsp3) is 0.143. The molecule has 0 radical (unpaired) electrons. The number of ether oxygens (including phenoxy) is 2. The Kier molecular flexibility index (Phi) is 7.32. The molecule has 9 heteroatoms. The van der Waals surface area contributed by atoms with Crippen molar-refractivity contribution in [3.05, 3.63) is 120 Å². The lowest BCUT2D eigenvalue weighted by molar-refractivity contribution is -0.122. The molecule has 4 aromatic rings. The Morgan fingerprint density at radius 1 is 0.591 bits per heavy atom. The van der Waals surface area contributed by atoms with Crippen molar-refractivity contribution in [1.82, 2.24) is 0 Å². The predicted molar refractivity (Wildman–Crippen MR) is 165 cm³/mol. The first-order chi connectivity index (χ1) is 21.1. The molecule has 0 saturated carbocycles. The summed E-state index contributed by atoms with van der Waals surface area (Å²) in [5, 5.41) is 0. The van der Waals surface area contributed by atoms with Crippen LogP contribution in [0.5, 0.6) is 23.0 Å². The van der Waals surface area contributed by atoms with Crippen molar-refractivity contribution in [3.63, 3.8) is 0 Å². The maximum Gasteiger partial charge on any atom is 0.258 e. The van der Waals surface area contributed by atoms with Crippen molar-refractivity contribution in [1.29, 1.82) is 0 Å². The minimum Gasteiger partial charge on any atom is -0.457 e. The highest BCUT2D eigenvalue weighted by Gasteiger charge is 2.37. The molecule has 220 valence electrons. The smallest absolute Gasteiger partial charge is 0.258 e. The highest BCUT2D eigenvalue weighted by molar-refractivity contribution is 6.28. The van der Waals surface area contributed by atoms with E-state index in [1.807, 2.05) is 48.5 Å². The summed E-state index contributed by atoms with van der Waals surface area (Å²) < 4.78 is 12.0. The van der Waals surface area contributed by atoms with E-state index in [9.17, 15) is 19.2 Å². The first kappa shape index (κ1) is 28.6. The largest absolute Gasteiger partial charge is 0.457 e. The molecule has 1 unspecified atom stereocenters. The Hall–Kier alpha value is -5.54. The number of carbonyl (C=O) groups excluding carboxylic acids is 4. The van der Waals surface area contributed by atoms with Crippen LogP contribution in [0.25, 0.3) is 0 Å². The number of hydrogen-bond acceptors (Lipinski definition) is 7. The maximum atomic E-state index is 12.2. The predicted octanol–water partition coefficient (Wildman–Crippen LogP) is 5.62. The summed E-state index contributed by atoms with van der Waals surface area (Å²) in [6.07, 6.45) is 2.52. The highest BCUT2D eigenvalue weighted by Crippen LogP contribution is 2.35. The number of benzene rings is 4. The van der Waals surface area contributed by atoms with Crippen LogP contribution in [0.3, 0.4) is 0 Å². The lowest BCUT2D eigenvalue weighted by Crippen LogP contribution is -2.35. The zero-order chi connectivity index (χ0) is 31.0. The van der Waals surface area contributed by atoms with E-state index in [0.29, 0.717) is 34.4 Å². The van der Waals surface area contributed by atoms with Crippen molar-refractivity contribution >= 4 is 35.0 Å². The first-order valence-corrected chi connectivity index (χ1v) is 14.1. The summed E-state index contributed by atoms with van der Waals surface area (Å²) in [4.78, 5) is 50.3. The van der Waals surface area contributed by atoms with Gasteiger partial charge in [0.15, 0.2) is 0 Å². The van der Waals surface area contributed by atoms with E-state index >= 15 is 0 Å². The fourth-order valence-corrected chi connectivity index (χ4v) is 5.23. The van der Waals surface area contributed by atoms with Gasteiger partial charge in [-0.25, -0.2) is 9.80 Å². The monoisotopic (exact) mass is 587 g/mol. The van der Waals surface area contributed by atoms with Gasteiger partial charge in [-0.15, -0.1) is 0 Å². The number of carbonyl (C=O) groups is 4. The lowest BCUT2D eigenvalue weighted by Gasteiger charge is -2.26. The van der Waals surface area contributed by atoms with E-state index in [-0.39, 0.29) is 29.6 Å². The molecule has 44 heavy (non-hydrogen) atoms. The molecule has 2 aliphatic heterocycles. The number of nitrogens with zero attached hydrogens (tertiary/aromatic N) is 2. The van der Waals surface area contributed by atoms with Crippen LogP contribution in [0.2, 0.25) is 0 Å². The van der Waals surface area contributed by atoms with E-state index in [1.165, 1.54) is 12.2 Å². The summed E-state index contributed by atoms with van der Waals surface area (Å²) >= 11 is 0. The van der Waals surface area contributed by atoms with E-state index in [2.05, 4.69) is 13.8 Å². The quantitative estimate of drug-likeness (QED) is 0.266. The van der Waals surface area contributed by atoms with Crippen LogP contribution in [0.1, 0.15) is 31.4 Å². The van der Waals surface area contributed by atoms with Gasteiger partial charge < -0.3 is 15.2 Å². The zero-order valence-corrected chi connectivity index (χ0v) is 24.1. The van der Waals surface area contributed by atoms with E-state index in [1.54, 1.807) is 48.5 Å². The highest BCUT2D eigenvalue weighted by atomic mass is 16.5. The van der Waals surface area contributed by atoms with Gasteiger partial charge in [0, 0.05) is 17.6 Å². The zero-order valence-electron chi connectivity index (χ0n) is 24.1. The van der Waals surface area contributed by atoms with Crippen LogP contribution in [0, 0.1) is 0 Å². The Morgan fingerprint density at radius 2 is 0.955 bits per heavy atom. The van der Waals surface area contributed by atoms with Gasteiger partial charge in [0.1, 0.15) is 23.0 Å². The first-order valence-electron chi connectivity index (χ1n) is 14.1. The third kappa shape index (κ3) is 5.48. The van der Waals surface area contributed by atoms with E-state index in [4.69, 9.17) is 15.2 Å². The Morgan fingerprint density at radius 3 is 1.32 bits per heavy atom. The van der Waals surface area contributed by atoms with Crippen LogP contribution in [-0.2, 0) is 24.6 Å². The molecule has 1 fully saturated rings. The average molecular weight is 588 g/mol. The van der Waals surface area contributed by atoms with Crippen molar-refractivity contribution in [2.45, 2.75) is 31.7 Å². The molecule has 1 atom stereocenters. The number of nitrogens with two attached hydrogens (primary N) is 1. The number of amides is 4. The summed E-state index contributed by atoms with van der Waals surface area (Å²) in [5.41, 5.74) is 8.54. The second kappa shape index (κ2) is 11.3. The third-order valence-electron chi connectivity index (χ3n) is 7.80. The normalized spacial score (nSPS) is 16.7. The summed E-state index contributed by atoms with van der Waals surface area (Å²) in [5.74, 6) is 1.03. The molecule has 4 aromatic carbocycles. The molecule has 2 heterocycles. The maximum absolute atomic E-state index is 12.2. The van der Waals surface area contributed by atoms with Gasteiger partial charge in [0.05, 0.1) is 23.8 Å². The molecular formula is C35H29N3O6.